The van der Waals surface area contributed by atoms with Gasteiger partial charge < -0.3 is 11.1 Å². The zero-order chi connectivity index (χ0) is 12.4. The number of rotatable bonds is 2. The predicted octanol–water partition coefficient (Wildman–Crippen LogP) is 2.96. The van der Waals surface area contributed by atoms with Crippen LogP contribution in [0, 0.1) is 0 Å². The topological polar surface area (TPSA) is 63.8 Å². The summed E-state index contributed by atoms with van der Waals surface area (Å²) in [7, 11) is 0. The lowest BCUT2D eigenvalue weighted by Gasteiger charge is -2.08. The zero-order valence-corrected chi connectivity index (χ0v) is 9.67. The lowest BCUT2D eigenvalue weighted by molar-refractivity contribution is 1.33. The van der Waals surface area contributed by atoms with E-state index in [0.29, 0.717) is 5.82 Å². The first kappa shape index (κ1) is 10.5. The number of nitrogen functional groups attached to an aromatic ring is 1. The van der Waals surface area contributed by atoms with Crippen LogP contribution in [0.5, 0.6) is 0 Å². The molecule has 0 aliphatic rings. The third-order valence-corrected chi connectivity index (χ3v) is 2.72. The fourth-order valence-electron chi connectivity index (χ4n) is 1.83. The van der Waals surface area contributed by atoms with Crippen molar-refractivity contribution in [2.24, 2.45) is 0 Å². The van der Waals surface area contributed by atoms with Crippen LogP contribution in [-0.2, 0) is 0 Å². The molecule has 18 heavy (non-hydrogen) atoms. The van der Waals surface area contributed by atoms with Crippen LogP contribution in [0.2, 0.25) is 0 Å². The Hall–Kier alpha value is -2.62. The van der Waals surface area contributed by atoms with Gasteiger partial charge in [0.05, 0.1) is 11.2 Å². The molecule has 2 heterocycles. The molecular weight excluding hydrogens is 224 g/mol. The molecule has 0 bridgehead atoms. The summed E-state index contributed by atoms with van der Waals surface area (Å²) in [5.74, 6) is 0.490. The van der Waals surface area contributed by atoms with Gasteiger partial charge in [-0.25, -0.2) is 4.98 Å². The maximum atomic E-state index is 5.80. The fourth-order valence-corrected chi connectivity index (χ4v) is 1.83. The van der Waals surface area contributed by atoms with E-state index < -0.39 is 0 Å². The molecule has 0 aliphatic heterocycles. The third kappa shape index (κ3) is 1.96. The average Bonchev–Trinajstić information content (AvgIpc) is 2.41. The number of hydrogen-bond donors (Lipinski definition) is 2. The lowest BCUT2D eigenvalue weighted by atomic mass is 10.2. The summed E-state index contributed by atoms with van der Waals surface area (Å²) < 4.78 is 0. The van der Waals surface area contributed by atoms with Crippen molar-refractivity contribution in [3.8, 4) is 0 Å². The molecule has 4 nitrogen and oxygen atoms in total. The largest absolute Gasteiger partial charge is 0.382 e. The highest BCUT2D eigenvalue weighted by Gasteiger charge is 2.01. The van der Waals surface area contributed by atoms with Gasteiger partial charge in [-0.15, -0.1) is 0 Å². The Kier molecular flexibility index (Phi) is 2.53. The Morgan fingerprint density at radius 3 is 2.67 bits per heavy atom. The minimum atomic E-state index is 0.490. The van der Waals surface area contributed by atoms with Crippen LogP contribution < -0.4 is 11.1 Å². The maximum Gasteiger partial charge on any atom is 0.147 e. The van der Waals surface area contributed by atoms with Crippen molar-refractivity contribution >= 4 is 28.1 Å². The Balaban J connectivity index is 1.98. The molecule has 88 valence electrons. The molecule has 3 aromatic rings. The van der Waals surface area contributed by atoms with Crippen molar-refractivity contribution in [3.63, 3.8) is 0 Å². The molecule has 0 atom stereocenters. The van der Waals surface area contributed by atoms with Gasteiger partial charge in [0.1, 0.15) is 5.82 Å². The smallest absolute Gasteiger partial charge is 0.147 e. The van der Waals surface area contributed by atoms with Gasteiger partial charge >= 0.3 is 0 Å². The first-order valence-corrected chi connectivity index (χ1v) is 5.65. The molecule has 0 radical (unpaired) electrons. The van der Waals surface area contributed by atoms with E-state index in [-0.39, 0.29) is 0 Å². The van der Waals surface area contributed by atoms with E-state index in [1.165, 1.54) is 0 Å². The Bertz CT molecular complexity index is 694. The molecule has 1 aromatic carbocycles. The first-order chi connectivity index (χ1) is 8.83. The van der Waals surface area contributed by atoms with Crippen molar-refractivity contribution in [2.75, 3.05) is 11.1 Å². The molecule has 3 N–H and O–H groups in total. The second kappa shape index (κ2) is 4.33. The molecule has 4 heteroatoms. The molecule has 0 fully saturated rings. The van der Waals surface area contributed by atoms with E-state index in [9.17, 15) is 0 Å². The molecule has 0 spiro atoms. The third-order valence-electron chi connectivity index (χ3n) is 2.72. The molecule has 0 saturated carbocycles. The van der Waals surface area contributed by atoms with Gasteiger partial charge in [-0.1, -0.05) is 6.07 Å². The summed E-state index contributed by atoms with van der Waals surface area (Å²) in [5.41, 5.74) is 8.54. The number of anilines is 3. The number of pyridine rings is 2. The van der Waals surface area contributed by atoms with Gasteiger partial charge in [0, 0.05) is 23.5 Å². The summed E-state index contributed by atoms with van der Waals surface area (Å²) >= 11 is 0. The first-order valence-electron chi connectivity index (χ1n) is 5.65. The second-order valence-corrected chi connectivity index (χ2v) is 3.97. The van der Waals surface area contributed by atoms with E-state index in [0.717, 1.165) is 22.3 Å². The standard InChI is InChI=1S/C14H12N4/c15-14-13(4-2-8-17-14)18-11-5-6-12-10(9-11)3-1-7-16-12/h1-9,18H,(H2,15,17). The molecule has 0 aliphatic carbocycles. The molecule has 2 aromatic heterocycles. The lowest BCUT2D eigenvalue weighted by Crippen LogP contribution is -1.98. The SMILES string of the molecule is Nc1ncccc1Nc1ccc2ncccc2c1. The van der Waals surface area contributed by atoms with E-state index in [1.54, 1.807) is 12.4 Å². The van der Waals surface area contributed by atoms with E-state index in [4.69, 9.17) is 5.73 Å². The molecule has 0 amide bonds. The van der Waals surface area contributed by atoms with Crippen LogP contribution in [0.15, 0.2) is 54.9 Å². The van der Waals surface area contributed by atoms with E-state index in [1.807, 2.05) is 42.5 Å². The van der Waals surface area contributed by atoms with Crippen molar-refractivity contribution < 1.29 is 0 Å². The van der Waals surface area contributed by atoms with E-state index >= 15 is 0 Å². The zero-order valence-electron chi connectivity index (χ0n) is 9.67. The monoisotopic (exact) mass is 236 g/mol. The summed E-state index contributed by atoms with van der Waals surface area (Å²) in [5, 5.41) is 4.34. The van der Waals surface area contributed by atoms with Gasteiger partial charge in [0.2, 0.25) is 0 Å². The second-order valence-electron chi connectivity index (χ2n) is 3.97. The minimum Gasteiger partial charge on any atom is -0.382 e. The Morgan fingerprint density at radius 2 is 1.78 bits per heavy atom. The van der Waals surface area contributed by atoms with Crippen LogP contribution >= 0.6 is 0 Å². The van der Waals surface area contributed by atoms with Crippen molar-refractivity contribution in [1.82, 2.24) is 9.97 Å². The quantitative estimate of drug-likeness (QED) is 0.718. The maximum absolute atomic E-state index is 5.80. The normalized spacial score (nSPS) is 10.4. The number of nitrogens with two attached hydrogens (primary N) is 1. The van der Waals surface area contributed by atoms with Gasteiger partial charge in [-0.2, -0.15) is 0 Å². The molecule has 3 rings (SSSR count). The van der Waals surface area contributed by atoms with Gasteiger partial charge in [-0.3, -0.25) is 4.98 Å². The molecular formula is C14H12N4. The number of nitrogens with one attached hydrogen (secondary N) is 1. The van der Waals surface area contributed by atoms with Crippen LogP contribution in [0.1, 0.15) is 0 Å². The van der Waals surface area contributed by atoms with Crippen LogP contribution in [-0.4, -0.2) is 9.97 Å². The van der Waals surface area contributed by atoms with Crippen molar-refractivity contribution in [1.29, 1.82) is 0 Å². The van der Waals surface area contributed by atoms with E-state index in [2.05, 4.69) is 15.3 Å². The van der Waals surface area contributed by atoms with Crippen molar-refractivity contribution in [3.05, 3.63) is 54.9 Å². The van der Waals surface area contributed by atoms with Crippen LogP contribution in [0.3, 0.4) is 0 Å². The summed E-state index contributed by atoms with van der Waals surface area (Å²) in [6, 6.07) is 13.7. The summed E-state index contributed by atoms with van der Waals surface area (Å²) in [6.07, 6.45) is 3.46. The van der Waals surface area contributed by atoms with Gasteiger partial charge in [0.25, 0.3) is 0 Å². The predicted molar refractivity (Wildman–Crippen MR) is 73.7 cm³/mol. The Labute approximate surface area is 104 Å². The number of nitrogens with zero attached hydrogens (tertiary/aromatic N) is 2. The number of aromatic nitrogens is 2. The summed E-state index contributed by atoms with van der Waals surface area (Å²) in [4.78, 5) is 8.32. The van der Waals surface area contributed by atoms with Crippen molar-refractivity contribution in [2.45, 2.75) is 0 Å². The highest BCUT2D eigenvalue weighted by molar-refractivity contribution is 5.84. The number of hydrogen-bond acceptors (Lipinski definition) is 4. The summed E-state index contributed by atoms with van der Waals surface area (Å²) in [6.45, 7) is 0. The fraction of sp³-hybridized carbons (Fsp3) is 0. The van der Waals surface area contributed by atoms with Gasteiger partial charge in [-0.05, 0) is 36.4 Å². The Morgan fingerprint density at radius 1 is 0.944 bits per heavy atom. The van der Waals surface area contributed by atoms with Crippen LogP contribution in [0.4, 0.5) is 17.2 Å². The highest BCUT2D eigenvalue weighted by Crippen LogP contribution is 2.23. The minimum absolute atomic E-state index is 0.490. The van der Waals surface area contributed by atoms with Crippen LogP contribution in [0.25, 0.3) is 10.9 Å². The number of benzene rings is 1. The highest BCUT2D eigenvalue weighted by atomic mass is 15.0. The average molecular weight is 236 g/mol. The van der Waals surface area contributed by atoms with Gasteiger partial charge in [0.15, 0.2) is 0 Å². The molecule has 0 unspecified atom stereocenters. The number of fused-ring (bicyclic) bond motifs is 1. The molecule has 0 saturated heterocycles.